The molecule has 1 atom stereocenters. The van der Waals surface area contributed by atoms with E-state index in [1.807, 2.05) is 24.3 Å². The number of aromatic nitrogens is 3. The number of pyridine rings is 1. The fourth-order valence-corrected chi connectivity index (χ4v) is 6.21. The Labute approximate surface area is 239 Å². The Morgan fingerprint density at radius 3 is 2.71 bits per heavy atom. The first-order chi connectivity index (χ1) is 19.8. The number of carboxylic acids is 1. The lowest BCUT2D eigenvalue weighted by molar-refractivity contribution is -0.0752. The highest BCUT2D eigenvalue weighted by atomic mass is 32.1. The number of rotatable bonds is 8. The van der Waals surface area contributed by atoms with E-state index in [9.17, 15) is 19.5 Å². The third kappa shape index (κ3) is 5.54. The molecule has 5 rings (SSSR count). The molecule has 0 bridgehead atoms. The molecule has 1 saturated heterocycles. The van der Waals surface area contributed by atoms with Crippen LogP contribution in [0.15, 0.2) is 52.2 Å². The number of para-hydroxylation sites is 1. The maximum Gasteiger partial charge on any atom is 0.354 e. The molecule has 0 amide bonds. The Morgan fingerprint density at radius 1 is 1.24 bits per heavy atom. The second-order valence-corrected chi connectivity index (χ2v) is 10.5. The number of thiophene rings is 1. The first-order valence-electron chi connectivity index (χ1n) is 13.1. The quantitative estimate of drug-likeness (QED) is 0.314. The number of benzene rings is 1. The van der Waals surface area contributed by atoms with Crippen LogP contribution in [0.5, 0.6) is 5.75 Å². The highest BCUT2D eigenvalue weighted by molar-refractivity contribution is 7.19. The van der Waals surface area contributed by atoms with Crippen LogP contribution in [0.2, 0.25) is 0 Å². The molecule has 0 spiro atoms. The smallest absolute Gasteiger partial charge is 0.354 e. The third-order valence-corrected chi connectivity index (χ3v) is 8.26. The molecule has 1 aliphatic heterocycles. The lowest BCUT2D eigenvalue weighted by Crippen LogP contribution is -2.40. The minimum atomic E-state index is -1.27. The molecular formula is C30H29N3O7S. The molecule has 11 heteroatoms. The van der Waals surface area contributed by atoms with E-state index in [0.29, 0.717) is 52.5 Å². The van der Waals surface area contributed by atoms with Crippen LogP contribution in [0.1, 0.15) is 52.4 Å². The second kappa shape index (κ2) is 12.1. The lowest BCUT2D eigenvalue weighted by Gasteiger charge is -2.29. The molecule has 212 valence electrons. The summed E-state index contributed by atoms with van der Waals surface area (Å²) in [6.07, 6.45) is 1.98. The van der Waals surface area contributed by atoms with Crippen LogP contribution < -0.4 is 16.0 Å². The molecule has 0 radical (unpaired) electrons. The van der Waals surface area contributed by atoms with Gasteiger partial charge in [0.2, 0.25) is 0 Å². The number of methoxy groups -OCH3 is 1. The van der Waals surface area contributed by atoms with Gasteiger partial charge in [-0.2, -0.15) is 0 Å². The van der Waals surface area contributed by atoms with Crippen LogP contribution in [0.3, 0.4) is 0 Å². The van der Waals surface area contributed by atoms with E-state index in [2.05, 4.69) is 16.8 Å². The van der Waals surface area contributed by atoms with E-state index in [1.165, 1.54) is 34.2 Å². The fraction of sp³-hybridized carbons (Fsp3) is 0.333. The maximum absolute atomic E-state index is 14.2. The number of nitrogens with zero attached hydrogens (tertiary/aromatic N) is 3. The molecule has 4 heterocycles. The van der Waals surface area contributed by atoms with Crippen molar-refractivity contribution in [1.29, 1.82) is 0 Å². The number of hydrogen-bond donors (Lipinski definition) is 1. The lowest BCUT2D eigenvalue weighted by atomic mass is 10.1. The minimum Gasteiger partial charge on any atom is -0.496 e. The Balaban J connectivity index is 1.75. The van der Waals surface area contributed by atoms with Crippen molar-refractivity contribution in [1.82, 2.24) is 14.1 Å². The van der Waals surface area contributed by atoms with Crippen LogP contribution >= 0.6 is 11.3 Å². The number of aryl methyl sites for hydroxylation is 1. The Hall–Kier alpha value is -4.24. The summed E-state index contributed by atoms with van der Waals surface area (Å²) in [6.45, 7) is 4.73. The summed E-state index contributed by atoms with van der Waals surface area (Å²) < 4.78 is 20.3. The second-order valence-electron chi connectivity index (χ2n) is 9.53. The topological polar surface area (TPSA) is 122 Å². The highest BCUT2D eigenvalue weighted by Gasteiger charge is 2.27. The van der Waals surface area contributed by atoms with Crippen molar-refractivity contribution >= 4 is 27.5 Å². The number of hydrogen-bond acceptors (Lipinski definition) is 8. The summed E-state index contributed by atoms with van der Waals surface area (Å²) in [5.74, 6) is 5.27. The maximum atomic E-state index is 14.2. The monoisotopic (exact) mass is 575 g/mol. The predicted octanol–water partition coefficient (Wildman–Crippen LogP) is 3.93. The van der Waals surface area contributed by atoms with Gasteiger partial charge < -0.3 is 19.3 Å². The van der Waals surface area contributed by atoms with Gasteiger partial charge in [0.1, 0.15) is 22.4 Å². The largest absolute Gasteiger partial charge is 0.496 e. The van der Waals surface area contributed by atoms with Crippen LogP contribution in [-0.4, -0.2) is 51.6 Å². The molecule has 1 N–H and O–H groups in total. The van der Waals surface area contributed by atoms with Crippen LogP contribution in [0.4, 0.5) is 0 Å². The molecule has 41 heavy (non-hydrogen) atoms. The number of aromatic carboxylic acids is 1. The first kappa shape index (κ1) is 28.3. The van der Waals surface area contributed by atoms with E-state index in [-0.39, 0.29) is 24.0 Å². The molecule has 1 aromatic carbocycles. The van der Waals surface area contributed by atoms with Crippen molar-refractivity contribution < 1.29 is 24.1 Å². The van der Waals surface area contributed by atoms with Crippen LogP contribution in [0, 0.1) is 18.8 Å². The van der Waals surface area contributed by atoms with Crippen LogP contribution in [-0.2, 0) is 16.0 Å². The number of carboxylic acid groups (broad SMARTS) is 1. The number of ether oxygens (including phenoxy) is 3. The molecule has 0 aliphatic carbocycles. The fourth-order valence-electron chi connectivity index (χ4n) is 5.00. The average molecular weight is 576 g/mol. The highest BCUT2D eigenvalue weighted by Crippen LogP contribution is 2.34. The summed E-state index contributed by atoms with van der Waals surface area (Å²) in [5, 5.41) is 9.83. The number of fused-ring (bicyclic) bond motifs is 1. The van der Waals surface area contributed by atoms with Gasteiger partial charge in [-0.15, -0.1) is 17.3 Å². The van der Waals surface area contributed by atoms with E-state index in [1.54, 1.807) is 21.0 Å². The third-order valence-electron chi connectivity index (χ3n) is 7.03. The van der Waals surface area contributed by atoms with Gasteiger partial charge >= 0.3 is 11.7 Å². The molecule has 3 aromatic heterocycles. The Bertz CT molecular complexity index is 1790. The van der Waals surface area contributed by atoms with Gasteiger partial charge in [0, 0.05) is 25.0 Å². The van der Waals surface area contributed by atoms with Gasteiger partial charge in [0.15, 0.2) is 0 Å². The van der Waals surface area contributed by atoms with E-state index in [0.717, 1.165) is 10.1 Å². The van der Waals surface area contributed by atoms with Gasteiger partial charge in [-0.25, -0.2) is 19.1 Å². The zero-order chi connectivity index (χ0) is 29.1. The predicted molar refractivity (Wildman–Crippen MR) is 154 cm³/mol. The molecule has 1 fully saturated rings. The van der Waals surface area contributed by atoms with Crippen molar-refractivity contribution in [2.75, 3.05) is 20.3 Å². The van der Waals surface area contributed by atoms with Crippen molar-refractivity contribution in [2.45, 2.75) is 45.4 Å². The Morgan fingerprint density at radius 2 is 2.00 bits per heavy atom. The van der Waals surface area contributed by atoms with Gasteiger partial charge in [0.05, 0.1) is 35.7 Å². The zero-order valence-corrected chi connectivity index (χ0v) is 23.7. The summed E-state index contributed by atoms with van der Waals surface area (Å²) >= 11 is 1.27. The zero-order valence-electron chi connectivity index (χ0n) is 22.9. The average Bonchev–Trinajstić information content (AvgIpc) is 3.31. The molecule has 4 aromatic rings. The van der Waals surface area contributed by atoms with Crippen molar-refractivity contribution in [2.24, 2.45) is 0 Å². The van der Waals surface area contributed by atoms with Gasteiger partial charge in [-0.3, -0.25) is 9.36 Å². The van der Waals surface area contributed by atoms with Crippen LogP contribution in [0.25, 0.3) is 15.9 Å². The van der Waals surface area contributed by atoms with Gasteiger partial charge in [0.25, 0.3) is 5.56 Å². The normalized spacial score (nSPS) is 14.4. The van der Waals surface area contributed by atoms with Gasteiger partial charge in [-0.1, -0.05) is 24.1 Å². The molecule has 1 aliphatic rings. The van der Waals surface area contributed by atoms with Crippen molar-refractivity contribution in [3.05, 3.63) is 85.1 Å². The van der Waals surface area contributed by atoms with Crippen molar-refractivity contribution in [3.8, 4) is 23.3 Å². The summed E-state index contributed by atoms with van der Waals surface area (Å²) in [7, 11) is 1.58. The van der Waals surface area contributed by atoms with Crippen molar-refractivity contribution in [3.63, 3.8) is 0 Å². The summed E-state index contributed by atoms with van der Waals surface area (Å²) in [6, 6.07) is 10.1. The summed E-state index contributed by atoms with van der Waals surface area (Å²) in [4.78, 5) is 44.7. The minimum absolute atomic E-state index is 0.0726. The number of carbonyl (C=O) groups is 1. The molecule has 10 nitrogen and oxygen atoms in total. The molecular weight excluding hydrogens is 546 g/mol. The standard InChI is InChI=1S/C30H29N3O7S/c1-4-7-25-18(2)26-27(34)33(19-10-13-31-22(16-19)29(35)36)30(37)32(28(26)41-25)17-24(40-20-11-14-39-15-12-20)21-8-5-6-9-23(21)38-3/h5-6,8-10,13,16,20,24H,11-12,14-15,17H2,1-3H3,(H,35,36)/t24-/m0/s1. The van der Waals surface area contributed by atoms with E-state index in [4.69, 9.17) is 14.2 Å². The summed E-state index contributed by atoms with van der Waals surface area (Å²) in [5.41, 5.74) is 0.0566. The van der Waals surface area contributed by atoms with E-state index < -0.39 is 23.3 Å². The Kier molecular flexibility index (Phi) is 8.35. The molecule has 0 saturated carbocycles. The molecule has 0 unspecified atom stereocenters. The van der Waals surface area contributed by atoms with E-state index >= 15 is 0 Å². The van der Waals surface area contributed by atoms with Gasteiger partial charge in [-0.05, 0) is 50.5 Å². The SMILES string of the molecule is CC#Cc1sc2c(c1C)c(=O)n(-c1ccnc(C(=O)O)c1)c(=O)n2C[C@H](OC1CCOCC1)c1ccccc1OC. The first-order valence-corrected chi connectivity index (χ1v) is 13.9.